The lowest BCUT2D eigenvalue weighted by Gasteiger charge is -2.02. The highest BCUT2D eigenvalue weighted by atomic mass is 16.6. The second-order valence-corrected chi connectivity index (χ2v) is 4.52. The number of non-ortho nitro benzene ring substituents is 1. The number of carbonyl (C=O) groups excluding carboxylic acids is 1. The van der Waals surface area contributed by atoms with Crippen molar-refractivity contribution in [3.8, 4) is 0 Å². The lowest BCUT2D eigenvalue weighted by molar-refractivity contribution is -0.384. The first-order chi connectivity index (χ1) is 10.4. The van der Waals surface area contributed by atoms with Gasteiger partial charge in [-0.15, -0.1) is 0 Å². The molecule has 2 rings (SSSR count). The number of nitro groups is 1. The molecule has 0 aliphatic carbocycles. The molecule has 0 atom stereocenters. The normalized spacial score (nSPS) is 15.9. The second kappa shape index (κ2) is 6.21. The Labute approximate surface area is 126 Å². The van der Waals surface area contributed by atoms with Crippen molar-refractivity contribution < 1.29 is 19.6 Å². The number of aliphatic imine (C=N–C) groups is 1. The van der Waals surface area contributed by atoms with Crippen LogP contribution in [0.3, 0.4) is 0 Å². The van der Waals surface area contributed by atoms with Gasteiger partial charge in [-0.25, -0.2) is 9.79 Å². The van der Waals surface area contributed by atoms with Gasteiger partial charge < -0.3 is 9.84 Å². The number of benzene rings is 1. The van der Waals surface area contributed by atoms with E-state index in [2.05, 4.69) is 4.99 Å². The van der Waals surface area contributed by atoms with Gasteiger partial charge in [-0.2, -0.15) is 0 Å². The molecule has 7 nitrogen and oxygen atoms in total. The predicted molar refractivity (Wildman–Crippen MR) is 80.5 cm³/mol. The molecule has 1 aromatic carbocycles. The van der Waals surface area contributed by atoms with Gasteiger partial charge in [0.05, 0.1) is 17.2 Å². The van der Waals surface area contributed by atoms with Crippen molar-refractivity contribution >= 4 is 23.4 Å². The Kier molecular flexibility index (Phi) is 4.36. The Bertz CT molecular complexity index is 714. The summed E-state index contributed by atoms with van der Waals surface area (Å²) in [6, 6.07) is 5.77. The number of hydrogen-bond donors (Lipinski definition) is 1. The highest BCUT2D eigenvalue weighted by Crippen LogP contribution is 2.26. The summed E-state index contributed by atoms with van der Waals surface area (Å²) in [7, 11) is 0. The minimum atomic E-state index is -0.631. The van der Waals surface area contributed by atoms with Gasteiger partial charge in [-0.3, -0.25) is 10.1 Å². The van der Waals surface area contributed by atoms with E-state index in [0.29, 0.717) is 11.3 Å². The van der Waals surface area contributed by atoms with Crippen molar-refractivity contribution in [3.05, 3.63) is 57.0 Å². The topological polar surface area (TPSA) is 102 Å². The molecular formula is C15H14N2O5. The van der Waals surface area contributed by atoms with Crippen molar-refractivity contribution in [2.75, 3.05) is 6.61 Å². The standard InChI is InChI=1S/C15H14N2O5/c1-3-22-15(19)13-9(2)16-12(14(13)18)8-10-4-6-11(7-5-10)17(20)21/h4-8,18H,3H2,1-2H3. The molecular weight excluding hydrogens is 288 g/mol. The third kappa shape index (κ3) is 3.03. The minimum Gasteiger partial charge on any atom is -0.505 e. The number of rotatable bonds is 4. The quantitative estimate of drug-likeness (QED) is 0.523. The molecule has 0 saturated carbocycles. The molecule has 22 heavy (non-hydrogen) atoms. The largest absolute Gasteiger partial charge is 0.505 e. The zero-order valence-electron chi connectivity index (χ0n) is 12.1. The molecule has 1 heterocycles. The number of hydrogen-bond acceptors (Lipinski definition) is 6. The Morgan fingerprint density at radius 3 is 2.59 bits per heavy atom. The van der Waals surface area contributed by atoms with Gasteiger partial charge in [0.15, 0.2) is 5.76 Å². The van der Waals surface area contributed by atoms with E-state index in [-0.39, 0.29) is 29.3 Å². The summed E-state index contributed by atoms with van der Waals surface area (Å²) >= 11 is 0. The molecule has 1 aromatic rings. The highest BCUT2D eigenvalue weighted by molar-refractivity contribution is 6.22. The van der Waals surface area contributed by atoms with E-state index in [9.17, 15) is 20.0 Å². The van der Waals surface area contributed by atoms with E-state index in [1.807, 2.05) is 0 Å². The number of aliphatic hydroxyl groups excluding tert-OH is 1. The fourth-order valence-corrected chi connectivity index (χ4v) is 1.99. The Balaban J connectivity index is 2.33. The van der Waals surface area contributed by atoms with Crippen LogP contribution >= 0.6 is 0 Å². The second-order valence-electron chi connectivity index (χ2n) is 4.52. The average molecular weight is 302 g/mol. The first-order valence-electron chi connectivity index (χ1n) is 6.56. The van der Waals surface area contributed by atoms with Crippen LogP contribution in [0, 0.1) is 10.1 Å². The Hall–Kier alpha value is -2.96. The van der Waals surface area contributed by atoms with Crippen LogP contribution in [-0.4, -0.2) is 28.3 Å². The van der Waals surface area contributed by atoms with Crippen molar-refractivity contribution in [3.63, 3.8) is 0 Å². The summed E-state index contributed by atoms with van der Waals surface area (Å²) in [5.41, 5.74) is 1.21. The zero-order valence-corrected chi connectivity index (χ0v) is 12.1. The molecule has 0 spiro atoms. The van der Waals surface area contributed by atoms with Crippen LogP contribution in [0.2, 0.25) is 0 Å². The summed E-state index contributed by atoms with van der Waals surface area (Å²) in [5.74, 6) is -0.886. The van der Waals surface area contributed by atoms with Crippen LogP contribution in [-0.2, 0) is 9.53 Å². The third-order valence-electron chi connectivity index (χ3n) is 3.02. The van der Waals surface area contributed by atoms with Crippen molar-refractivity contribution in [2.24, 2.45) is 4.99 Å². The number of esters is 1. The fraction of sp³-hybridized carbons (Fsp3) is 0.200. The predicted octanol–water partition coefficient (Wildman–Crippen LogP) is 2.79. The molecule has 7 heteroatoms. The van der Waals surface area contributed by atoms with Gasteiger partial charge in [-0.1, -0.05) is 0 Å². The third-order valence-corrected chi connectivity index (χ3v) is 3.02. The lowest BCUT2D eigenvalue weighted by atomic mass is 10.1. The number of aliphatic hydroxyl groups is 1. The van der Waals surface area contributed by atoms with Crippen LogP contribution in [0.1, 0.15) is 19.4 Å². The molecule has 0 fully saturated rings. The van der Waals surface area contributed by atoms with Crippen LogP contribution in [0.5, 0.6) is 0 Å². The highest BCUT2D eigenvalue weighted by Gasteiger charge is 2.27. The SMILES string of the molecule is CCOC(=O)C1=C(O)C(=Cc2ccc([N+](=O)[O-])cc2)N=C1C. The number of ether oxygens (including phenoxy) is 1. The van der Waals surface area contributed by atoms with E-state index < -0.39 is 10.9 Å². The molecule has 1 aliphatic rings. The minimum absolute atomic E-state index is 0.0276. The van der Waals surface area contributed by atoms with E-state index in [4.69, 9.17) is 4.74 Å². The van der Waals surface area contributed by atoms with E-state index >= 15 is 0 Å². The first-order valence-corrected chi connectivity index (χ1v) is 6.56. The summed E-state index contributed by atoms with van der Waals surface area (Å²) in [4.78, 5) is 26.0. The number of nitro benzene ring substituents is 1. The number of nitrogens with zero attached hydrogens (tertiary/aromatic N) is 2. The molecule has 0 amide bonds. The molecule has 0 saturated heterocycles. The van der Waals surface area contributed by atoms with Gasteiger partial charge in [-0.05, 0) is 37.6 Å². The Morgan fingerprint density at radius 2 is 2.05 bits per heavy atom. The van der Waals surface area contributed by atoms with Crippen molar-refractivity contribution in [1.29, 1.82) is 0 Å². The van der Waals surface area contributed by atoms with Crippen LogP contribution in [0.25, 0.3) is 6.08 Å². The zero-order chi connectivity index (χ0) is 16.3. The fourth-order valence-electron chi connectivity index (χ4n) is 1.99. The molecule has 0 unspecified atom stereocenters. The summed E-state index contributed by atoms with van der Waals surface area (Å²) in [6.07, 6.45) is 1.54. The van der Waals surface area contributed by atoms with Crippen molar-refractivity contribution in [1.82, 2.24) is 0 Å². The monoisotopic (exact) mass is 302 g/mol. The van der Waals surface area contributed by atoms with Gasteiger partial charge >= 0.3 is 5.97 Å². The summed E-state index contributed by atoms with van der Waals surface area (Å²) < 4.78 is 4.87. The maximum Gasteiger partial charge on any atom is 0.343 e. The van der Waals surface area contributed by atoms with Crippen molar-refractivity contribution in [2.45, 2.75) is 13.8 Å². The van der Waals surface area contributed by atoms with Gasteiger partial charge in [0, 0.05) is 12.1 Å². The molecule has 1 N–H and O–H groups in total. The van der Waals surface area contributed by atoms with E-state index in [1.54, 1.807) is 13.8 Å². The molecule has 0 bridgehead atoms. The summed E-state index contributed by atoms with van der Waals surface area (Å²) in [6.45, 7) is 3.47. The van der Waals surface area contributed by atoms with E-state index in [1.165, 1.54) is 30.3 Å². The Morgan fingerprint density at radius 1 is 1.41 bits per heavy atom. The maximum atomic E-state index is 11.8. The molecule has 1 aliphatic heterocycles. The summed E-state index contributed by atoms with van der Waals surface area (Å²) in [5, 5.41) is 20.7. The number of carbonyl (C=O) groups is 1. The smallest absolute Gasteiger partial charge is 0.343 e. The first kappa shape index (κ1) is 15.4. The van der Waals surface area contributed by atoms with E-state index in [0.717, 1.165) is 0 Å². The van der Waals surface area contributed by atoms with Gasteiger partial charge in [0.2, 0.25) is 0 Å². The van der Waals surface area contributed by atoms with Gasteiger partial charge in [0.1, 0.15) is 11.3 Å². The van der Waals surface area contributed by atoms with Gasteiger partial charge in [0.25, 0.3) is 5.69 Å². The average Bonchev–Trinajstić information content (AvgIpc) is 2.74. The molecule has 0 aromatic heterocycles. The van der Waals surface area contributed by atoms with Crippen LogP contribution in [0.15, 0.2) is 46.3 Å². The maximum absolute atomic E-state index is 11.8. The molecule has 0 radical (unpaired) electrons. The van der Waals surface area contributed by atoms with Crippen LogP contribution < -0.4 is 0 Å². The van der Waals surface area contributed by atoms with Crippen LogP contribution in [0.4, 0.5) is 5.69 Å². The molecule has 114 valence electrons. The lowest BCUT2D eigenvalue weighted by Crippen LogP contribution is -2.13.